The summed E-state index contributed by atoms with van der Waals surface area (Å²) in [6, 6.07) is 0. The van der Waals surface area contributed by atoms with Crippen LogP contribution in [0.5, 0.6) is 0 Å². The Kier molecular flexibility index (Phi) is 4.75. The summed E-state index contributed by atoms with van der Waals surface area (Å²) in [6.07, 6.45) is 4.54. The lowest BCUT2D eigenvalue weighted by Gasteiger charge is -2.12. The molecule has 2 unspecified atom stereocenters. The van der Waals surface area contributed by atoms with Crippen LogP contribution in [0, 0.1) is 5.92 Å². The minimum atomic E-state index is 0.543. The first-order chi connectivity index (χ1) is 7.86. The molecular formula is C12H21N3S. The molecule has 16 heavy (non-hydrogen) atoms. The van der Waals surface area contributed by atoms with Crippen LogP contribution >= 0.6 is 11.3 Å². The zero-order valence-corrected chi connectivity index (χ0v) is 10.7. The highest BCUT2D eigenvalue weighted by molar-refractivity contribution is 7.09. The monoisotopic (exact) mass is 239 g/mol. The van der Waals surface area contributed by atoms with Crippen molar-refractivity contribution in [2.75, 3.05) is 26.2 Å². The van der Waals surface area contributed by atoms with Gasteiger partial charge < -0.3 is 10.6 Å². The number of thiazole rings is 1. The third-order valence-corrected chi connectivity index (χ3v) is 4.22. The van der Waals surface area contributed by atoms with Gasteiger partial charge in [-0.25, -0.2) is 4.98 Å². The van der Waals surface area contributed by atoms with E-state index in [4.69, 9.17) is 0 Å². The van der Waals surface area contributed by atoms with E-state index in [1.807, 2.05) is 6.20 Å². The molecule has 0 bridgehead atoms. The number of aromatic nitrogens is 1. The molecule has 0 aromatic carbocycles. The lowest BCUT2D eigenvalue weighted by atomic mass is 10.1. The van der Waals surface area contributed by atoms with E-state index in [-0.39, 0.29) is 0 Å². The number of hydrogen-bond donors (Lipinski definition) is 2. The zero-order valence-electron chi connectivity index (χ0n) is 9.91. The Labute approximate surface area is 102 Å². The molecule has 0 saturated carbocycles. The Morgan fingerprint density at radius 3 is 3.31 bits per heavy atom. The summed E-state index contributed by atoms with van der Waals surface area (Å²) in [7, 11) is 0. The summed E-state index contributed by atoms with van der Waals surface area (Å²) in [5.41, 5.74) is 0. The van der Waals surface area contributed by atoms with Crippen molar-refractivity contribution < 1.29 is 0 Å². The van der Waals surface area contributed by atoms with Gasteiger partial charge >= 0.3 is 0 Å². The van der Waals surface area contributed by atoms with Gasteiger partial charge in [0, 0.05) is 24.0 Å². The summed E-state index contributed by atoms with van der Waals surface area (Å²) in [6.45, 7) is 6.85. The number of nitrogens with zero attached hydrogens (tertiary/aromatic N) is 1. The van der Waals surface area contributed by atoms with Crippen LogP contribution in [0.2, 0.25) is 0 Å². The van der Waals surface area contributed by atoms with E-state index in [0.717, 1.165) is 19.0 Å². The zero-order chi connectivity index (χ0) is 11.2. The topological polar surface area (TPSA) is 37.0 Å². The van der Waals surface area contributed by atoms with E-state index in [2.05, 4.69) is 27.9 Å². The maximum Gasteiger partial charge on any atom is 0.0965 e. The Morgan fingerprint density at radius 1 is 1.69 bits per heavy atom. The second-order valence-corrected chi connectivity index (χ2v) is 5.55. The smallest absolute Gasteiger partial charge is 0.0965 e. The third kappa shape index (κ3) is 3.54. The van der Waals surface area contributed by atoms with Crippen molar-refractivity contribution in [3.8, 4) is 0 Å². The predicted octanol–water partition coefficient (Wildman–Crippen LogP) is 1.84. The summed E-state index contributed by atoms with van der Waals surface area (Å²) >= 11 is 1.75. The fourth-order valence-corrected chi connectivity index (χ4v) is 2.85. The molecule has 3 nitrogen and oxygen atoms in total. The van der Waals surface area contributed by atoms with Crippen LogP contribution in [0.25, 0.3) is 0 Å². The van der Waals surface area contributed by atoms with Crippen molar-refractivity contribution >= 4 is 11.3 Å². The first-order valence-electron chi connectivity index (χ1n) is 6.17. The van der Waals surface area contributed by atoms with E-state index in [0.29, 0.717) is 5.92 Å². The SMILES string of the molecule is CC(CNCCC1CCNC1)c1nccs1. The average Bonchev–Trinajstić information content (AvgIpc) is 2.96. The first kappa shape index (κ1) is 12.0. The maximum absolute atomic E-state index is 4.34. The largest absolute Gasteiger partial charge is 0.316 e. The predicted molar refractivity (Wildman–Crippen MR) is 69.0 cm³/mol. The van der Waals surface area contributed by atoms with Crippen molar-refractivity contribution in [2.45, 2.75) is 25.7 Å². The van der Waals surface area contributed by atoms with Gasteiger partial charge in [0.15, 0.2) is 0 Å². The van der Waals surface area contributed by atoms with Crippen molar-refractivity contribution in [3.63, 3.8) is 0 Å². The molecule has 4 heteroatoms. The summed E-state index contributed by atoms with van der Waals surface area (Å²) in [5.74, 6) is 1.43. The number of nitrogens with one attached hydrogen (secondary N) is 2. The molecule has 1 aromatic rings. The summed E-state index contributed by atoms with van der Waals surface area (Å²) in [5, 5.41) is 10.2. The quantitative estimate of drug-likeness (QED) is 0.744. The molecule has 2 rings (SSSR count). The van der Waals surface area contributed by atoms with Gasteiger partial charge in [-0.05, 0) is 38.4 Å². The normalized spacial score (nSPS) is 22.4. The Hall–Kier alpha value is -0.450. The van der Waals surface area contributed by atoms with Gasteiger partial charge in [-0.3, -0.25) is 0 Å². The van der Waals surface area contributed by atoms with Gasteiger partial charge in [0.05, 0.1) is 5.01 Å². The van der Waals surface area contributed by atoms with Gasteiger partial charge in [0.1, 0.15) is 0 Å². The van der Waals surface area contributed by atoms with E-state index >= 15 is 0 Å². The van der Waals surface area contributed by atoms with Gasteiger partial charge in [-0.2, -0.15) is 0 Å². The molecule has 0 radical (unpaired) electrons. The molecule has 2 atom stereocenters. The highest BCUT2D eigenvalue weighted by atomic mass is 32.1. The van der Waals surface area contributed by atoms with Gasteiger partial charge in [-0.1, -0.05) is 6.92 Å². The summed E-state index contributed by atoms with van der Waals surface area (Å²) in [4.78, 5) is 4.34. The molecule has 2 N–H and O–H groups in total. The number of hydrogen-bond acceptors (Lipinski definition) is 4. The average molecular weight is 239 g/mol. The molecule has 1 aliphatic heterocycles. The van der Waals surface area contributed by atoms with Crippen molar-refractivity contribution in [2.24, 2.45) is 5.92 Å². The Balaban J connectivity index is 1.57. The fraction of sp³-hybridized carbons (Fsp3) is 0.750. The van der Waals surface area contributed by atoms with Crippen LogP contribution in [0.1, 0.15) is 30.7 Å². The molecule has 1 saturated heterocycles. The van der Waals surface area contributed by atoms with Crippen molar-refractivity contribution in [1.29, 1.82) is 0 Å². The fourth-order valence-electron chi connectivity index (χ4n) is 2.15. The van der Waals surface area contributed by atoms with Crippen molar-refractivity contribution in [3.05, 3.63) is 16.6 Å². The molecule has 1 fully saturated rings. The van der Waals surface area contributed by atoms with Gasteiger partial charge in [-0.15, -0.1) is 11.3 Å². The van der Waals surface area contributed by atoms with E-state index < -0.39 is 0 Å². The van der Waals surface area contributed by atoms with E-state index in [9.17, 15) is 0 Å². The van der Waals surface area contributed by atoms with Crippen LogP contribution in [0.15, 0.2) is 11.6 Å². The first-order valence-corrected chi connectivity index (χ1v) is 7.05. The van der Waals surface area contributed by atoms with Crippen LogP contribution in [0.4, 0.5) is 0 Å². The molecule has 1 aromatic heterocycles. The molecule has 2 heterocycles. The molecule has 1 aliphatic rings. The number of rotatable bonds is 6. The highest BCUT2D eigenvalue weighted by Crippen LogP contribution is 2.16. The second-order valence-electron chi connectivity index (χ2n) is 4.62. The van der Waals surface area contributed by atoms with Crippen molar-refractivity contribution in [1.82, 2.24) is 15.6 Å². The molecular weight excluding hydrogens is 218 g/mol. The standard InChI is InChI=1S/C12H21N3S/c1-10(12-15-6-7-16-12)8-13-4-2-11-3-5-14-9-11/h6-7,10-11,13-14H,2-5,8-9H2,1H3. The molecule has 0 aliphatic carbocycles. The van der Waals surface area contributed by atoms with Crippen LogP contribution in [-0.2, 0) is 0 Å². The third-order valence-electron chi connectivity index (χ3n) is 3.22. The van der Waals surface area contributed by atoms with E-state index in [1.54, 1.807) is 11.3 Å². The minimum absolute atomic E-state index is 0.543. The second kappa shape index (κ2) is 6.33. The molecule has 0 spiro atoms. The Morgan fingerprint density at radius 2 is 2.62 bits per heavy atom. The lowest BCUT2D eigenvalue weighted by molar-refractivity contribution is 0.491. The van der Waals surface area contributed by atoms with Gasteiger partial charge in [0.2, 0.25) is 0 Å². The highest BCUT2D eigenvalue weighted by Gasteiger charge is 2.13. The molecule has 90 valence electrons. The lowest BCUT2D eigenvalue weighted by Crippen LogP contribution is -2.23. The maximum atomic E-state index is 4.34. The van der Waals surface area contributed by atoms with E-state index in [1.165, 1.54) is 30.9 Å². The van der Waals surface area contributed by atoms with Crippen LogP contribution in [-0.4, -0.2) is 31.2 Å². The molecule has 0 amide bonds. The van der Waals surface area contributed by atoms with Crippen LogP contribution < -0.4 is 10.6 Å². The summed E-state index contributed by atoms with van der Waals surface area (Å²) < 4.78 is 0. The van der Waals surface area contributed by atoms with Crippen LogP contribution in [0.3, 0.4) is 0 Å². The Bertz CT molecular complexity index is 280. The van der Waals surface area contributed by atoms with Gasteiger partial charge in [0.25, 0.3) is 0 Å². The minimum Gasteiger partial charge on any atom is -0.316 e.